The van der Waals surface area contributed by atoms with Gasteiger partial charge in [-0.15, -0.1) is 0 Å². The number of likely N-dealkylation sites (N-methyl/N-ethyl adjacent to an activating group) is 2. The van der Waals surface area contributed by atoms with Gasteiger partial charge < -0.3 is 10.2 Å². The van der Waals surface area contributed by atoms with Gasteiger partial charge in [-0.25, -0.2) is 0 Å². The molecule has 2 unspecified atom stereocenters. The van der Waals surface area contributed by atoms with Gasteiger partial charge in [0.15, 0.2) is 0 Å². The molecule has 0 amide bonds. The highest BCUT2D eigenvalue weighted by Crippen LogP contribution is 2.15. The van der Waals surface area contributed by atoms with Crippen LogP contribution >= 0.6 is 0 Å². The van der Waals surface area contributed by atoms with Gasteiger partial charge in [-0.05, 0) is 26.4 Å². The van der Waals surface area contributed by atoms with Crippen molar-refractivity contribution >= 4 is 0 Å². The number of hydrogen-bond donors (Lipinski definition) is 1. The monoisotopic (exact) mass is 241 g/mol. The van der Waals surface area contributed by atoms with Crippen LogP contribution in [0.4, 0.5) is 0 Å². The van der Waals surface area contributed by atoms with Gasteiger partial charge in [0, 0.05) is 38.3 Å². The van der Waals surface area contributed by atoms with Crippen LogP contribution in [0.5, 0.6) is 0 Å². The molecule has 1 aliphatic rings. The molecule has 0 radical (unpaired) electrons. The number of hydrogen-bond acceptors (Lipinski definition) is 3. The summed E-state index contributed by atoms with van der Waals surface area (Å²) in [6, 6.07) is 1.39. The summed E-state index contributed by atoms with van der Waals surface area (Å²) in [7, 11) is 2.12. The predicted octanol–water partition coefficient (Wildman–Crippen LogP) is 1.79. The Bertz CT molecular complexity index is 188. The molecule has 3 nitrogen and oxygen atoms in total. The van der Waals surface area contributed by atoms with Crippen molar-refractivity contribution in [2.24, 2.45) is 0 Å². The van der Waals surface area contributed by atoms with Crippen molar-refractivity contribution in [3.63, 3.8) is 0 Å². The molecule has 0 aromatic rings. The Kier molecular flexibility index (Phi) is 7.09. The molecule has 1 N–H and O–H groups in total. The van der Waals surface area contributed by atoms with E-state index in [2.05, 4.69) is 42.9 Å². The maximum Gasteiger partial charge on any atom is 0.0247 e. The third-order valence-electron chi connectivity index (χ3n) is 4.18. The first-order valence-corrected chi connectivity index (χ1v) is 7.40. The minimum atomic E-state index is 0.665. The van der Waals surface area contributed by atoms with E-state index in [1.54, 1.807) is 0 Å². The lowest BCUT2D eigenvalue weighted by Crippen LogP contribution is -2.55. The first kappa shape index (κ1) is 14.9. The molecule has 3 heteroatoms. The lowest BCUT2D eigenvalue weighted by molar-refractivity contribution is 0.0781. The van der Waals surface area contributed by atoms with Gasteiger partial charge >= 0.3 is 0 Å². The van der Waals surface area contributed by atoms with Crippen molar-refractivity contribution in [3.05, 3.63) is 0 Å². The topological polar surface area (TPSA) is 18.5 Å². The molecule has 1 heterocycles. The molecule has 0 aromatic carbocycles. The second-order valence-corrected chi connectivity index (χ2v) is 5.13. The highest BCUT2D eigenvalue weighted by molar-refractivity contribution is 4.85. The van der Waals surface area contributed by atoms with Crippen LogP contribution in [0.15, 0.2) is 0 Å². The van der Waals surface area contributed by atoms with Gasteiger partial charge in [-0.3, -0.25) is 4.90 Å². The Morgan fingerprint density at radius 1 is 1.06 bits per heavy atom. The molecule has 0 aliphatic carbocycles. The van der Waals surface area contributed by atoms with E-state index in [0.717, 1.165) is 6.04 Å². The summed E-state index contributed by atoms with van der Waals surface area (Å²) in [6.45, 7) is 13.1. The summed E-state index contributed by atoms with van der Waals surface area (Å²) in [5.41, 5.74) is 0. The van der Waals surface area contributed by atoms with Crippen molar-refractivity contribution in [3.8, 4) is 0 Å². The SMILES string of the molecule is CCCC(NC)C(CC)N1CCN(CC)CC1. The largest absolute Gasteiger partial charge is 0.315 e. The van der Waals surface area contributed by atoms with Crippen LogP contribution in [-0.4, -0.2) is 61.7 Å². The smallest absolute Gasteiger partial charge is 0.0247 e. The third kappa shape index (κ3) is 4.23. The Morgan fingerprint density at radius 2 is 1.71 bits per heavy atom. The third-order valence-corrected chi connectivity index (χ3v) is 4.18. The fraction of sp³-hybridized carbons (Fsp3) is 1.00. The van der Waals surface area contributed by atoms with Crippen molar-refractivity contribution in [2.75, 3.05) is 39.8 Å². The normalized spacial score (nSPS) is 22.6. The van der Waals surface area contributed by atoms with Gasteiger partial charge in [0.2, 0.25) is 0 Å². The first-order chi connectivity index (χ1) is 8.26. The Labute approximate surface area is 108 Å². The molecule has 102 valence electrons. The quantitative estimate of drug-likeness (QED) is 0.733. The fourth-order valence-corrected chi connectivity index (χ4v) is 3.05. The van der Waals surface area contributed by atoms with E-state index in [0.29, 0.717) is 6.04 Å². The second-order valence-electron chi connectivity index (χ2n) is 5.13. The molecule has 1 aliphatic heterocycles. The Hall–Kier alpha value is -0.120. The molecule has 17 heavy (non-hydrogen) atoms. The number of nitrogens with one attached hydrogen (secondary N) is 1. The first-order valence-electron chi connectivity index (χ1n) is 7.40. The Morgan fingerprint density at radius 3 is 2.12 bits per heavy atom. The summed E-state index contributed by atoms with van der Waals surface area (Å²) in [5, 5.41) is 3.52. The predicted molar refractivity (Wildman–Crippen MR) is 75.5 cm³/mol. The zero-order chi connectivity index (χ0) is 12.7. The number of piperazine rings is 1. The van der Waals surface area contributed by atoms with E-state index in [9.17, 15) is 0 Å². The van der Waals surface area contributed by atoms with Gasteiger partial charge in [0.25, 0.3) is 0 Å². The number of rotatable bonds is 7. The lowest BCUT2D eigenvalue weighted by Gasteiger charge is -2.42. The van der Waals surface area contributed by atoms with Crippen LogP contribution < -0.4 is 5.32 Å². The zero-order valence-electron chi connectivity index (χ0n) is 12.2. The molecule has 0 aromatic heterocycles. The molecule has 0 spiro atoms. The van der Waals surface area contributed by atoms with E-state index in [4.69, 9.17) is 0 Å². The highest BCUT2D eigenvalue weighted by Gasteiger charge is 2.27. The van der Waals surface area contributed by atoms with Gasteiger partial charge in [-0.2, -0.15) is 0 Å². The van der Waals surface area contributed by atoms with E-state index < -0.39 is 0 Å². The summed E-state index contributed by atoms with van der Waals surface area (Å²) in [4.78, 5) is 5.25. The van der Waals surface area contributed by atoms with E-state index in [-0.39, 0.29) is 0 Å². The molecule has 1 rings (SSSR count). The molecule has 1 saturated heterocycles. The molecule has 1 fully saturated rings. The van der Waals surface area contributed by atoms with Crippen LogP contribution in [0.25, 0.3) is 0 Å². The second kappa shape index (κ2) is 8.06. The van der Waals surface area contributed by atoms with E-state index in [1.807, 2.05) is 0 Å². The number of nitrogens with zero attached hydrogens (tertiary/aromatic N) is 2. The summed E-state index contributed by atoms with van der Waals surface area (Å²) in [6.07, 6.45) is 3.83. The fourth-order valence-electron chi connectivity index (χ4n) is 3.05. The Balaban J connectivity index is 2.49. The molecular formula is C14H31N3. The lowest BCUT2D eigenvalue weighted by atomic mass is 9.98. The summed E-state index contributed by atoms with van der Waals surface area (Å²) < 4.78 is 0. The molecule has 0 bridgehead atoms. The minimum absolute atomic E-state index is 0.665. The van der Waals surface area contributed by atoms with Crippen LogP contribution in [0.1, 0.15) is 40.0 Å². The summed E-state index contributed by atoms with van der Waals surface area (Å²) >= 11 is 0. The van der Waals surface area contributed by atoms with Crippen LogP contribution in [0, 0.1) is 0 Å². The molecule has 0 saturated carbocycles. The van der Waals surface area contributed by atoms with Gasteiger partial charge in [0.05, 0.1) is 0 Å². The van der Waals surface area contributed by atoms with Crippen molar-refractivity contribution in [1.29, 1.82) is 0 Å². The average molecular weight is 241 g/mol. The van der Waals surface area contributed by atoms with E-state index >= 15 is 0 Å². The van der Waals surface area contributed by atoms with Gasteiger partial charge in [0.1, 0.15) is 0 Å². The van der Waals surface area contributed by atoms with Gasteiger partial charge in [-0.1, -0.05) is 27.2 Å². The van der Waals surface area contributed by atoms with Crippen molar-refractivity contribution < 1.29 is 0 Å². The van der Waals surface area contributed by atoms with Crippen LogP contribution in [0.2, 0.25) is 0 Å². The maximum atomic E-state index is 3.52. The maximum absolute atomic E-state index is 3.52. The minimum Gasteiger partial charge on any atom is -0.315 e. The van der Waals surface area contributed by atoms with Crippen molar-refractivity contribution in [2.45, 2.75) is 52.1 Å². The van der Waals surface area contributed by atoms with E-state index in [1.165, 1.54) is 52.0 Å². The van der Waals surface area contributed by atoms with Crippen molar-refractivity contribution in [1.82, 2.24) is 15.1 Å². The standard InChI is InChI=1S/C14H31N3/c1-5-8-13(15-4)14(6-2)17-11-9-16(7-3)10-12-17/h13-15H,5-12H2,1-4H3. The summed E-state index contributed by atoms with van der Waals surface area (Å²) in [5.74, 6) is 0. The average Bonchev–Trinajstić information content (AvgIpc) is 2.39. The van der Waals surface area contributed by atoms with Crippen LogP contribution in [0.3, 0.4) is 0 Å². The zero-order valence-corrected chi connectivity index (χ0v) is 12.2. The molecule has 2 atom stereocenters. The highest BCUT2D eigenvalue weighted by atomic mass is 15.3. The molecular weight excluding hydrogens is 210 g/mol. The van der Waals surface area contributed by atoms with Crippen LogP contribution in [-0.2, 0) is 0 Å².